The molecule has 0 bridgehead atoms. The van der Waals surface area contributed by atoms with Gasteiger partial charge in [-0.05, 0) is 43.2 Å². The molecule has 2 aromatic carbocycles. The number of amides is 1. The zero-order valence-corrected chi connectivity index (χ0v) is 23.6. The highest BCUT2D eigenvalue weighted by Crippen LogP contribution is 2.33. The van der Waals surface area contributed by atoms with E-state index in [2.05, 4.69) is 25.5 Å². The molecule has 1 amide bonds. The number of carbonyl (C=O) groups is 1. The van der Waals surface area contributed by atoms with Crippen LogP contribution in [0.15, 0.2) is 55.2 Å². The topological polar surface area (TPSA) is 126 Å². The minimum Gasteiger partial charge on any atom is -0.476 e. The number of likely N-dealkylation sites (tertiary alicyclic amines) is 1. The van der Waals surface area contributed by atoms with Crippen molar-refractivity contribution in [3.63, 3.8) is 0 Å². The summed E-state index contributed by atoms with van der Waals surface area (Å²) in [7, 11) is 1.92. The number of halogens is 3. The van der Waals surface area contributed by atoms with Crippen LogP contribution in [-0.4, -0.2) is 59.6 Å². The molecule has 43 heavy (non-hydrogen) atoms. The zero-order chi connectivity index (χ0) is 30.1. The normalized spacial score (nSPS) is 13.7. The molecule has 0 spiro atoms. The van der Waals surface area contributed by atoms with E-state index in [1.54, 1.807) is 46.1 Å². The Bertz CT molecular complexity index is 1880. The monoisotopic (exact) mass is 603 g/mol. The van der Waals surface area contributed by atoms with Crippen LogP contribution in [0.2, 0.25) is 5.02 Å². The Balaban J connectivity index is 1.19. The van der Waals surface area contributed by atoms with Gasteiger partial charge in [0.15, 0.2) is 29.6 Å². The molecule has 14 heteroatoms. The van der Waals surface area contributed by atoms with Gasteiger partial charge in [0.2, 0.25) is 5.82 Å². The molecule has 1 aliphatic heterocycles. The van der Waals surface area contributed by atoms with Crippen molar-refractivity contribution in [3.05, 3.63) is 83.3 Å². The molecule has 3 aromatic heterocycles. The Hall–Kier alpha value is -5.09. The lowest BCUT2D eigenvalue weighted by molar-refractivity contribution is 0.0710. The summed E-state index contributed by atoms with van der Waals surface area (Å²) >= 11 is 6.56. The molecule has 1 N–H and O–H groups in total. The van der Waals surface area contributed by atoms with Gasteiger partial charge < -0.3 is 19.5 Å². The molecule has 0 unspecified atom stereocenters. The first kappa shape index (κ1) is 28.0. The van der Waals surface area contributed by atoms with Gasteiger partial charge in [-0.2, -0.15) is 9.65 Å². The van der Waals surface area contributed by atoms with Crippen LogP contribution in [0.1, 0.15) is 34.9 Å². The van der Waals surface area contributed by atoms with E-state index in [-0.39, 0.29) is 33.9 Å². The third-order valence-electron chi connectivity index (χ3n) is 7.40. The summed E-state index contributed by atoms with van der Waals surface area (Å²) in [6.07, 6.45) is 7.71. The van der Waals surface area contributed by atoms with Crippen molar-refractivity contribution in [2.45, 2.75) is 18.8 Å². The van der Waals surface area contributed by atoms with Crippen molar-refractivity contribution in [1.29, 1.82) is 5.26 Å². The fourth-order valence-corrected chi connectivity index (χ4v) is 5.50. The number of benzene rings is 2. The quantitative estimate of drug-likeness (QED) is 0.272. The molecule has 11 nitrogen and oxygen atoms in total. The maximum absolute atomic E-state index is 14.9. The predicted octanol–water partition coefficient (Wildman–Crippen LogP) is 5.12. The molecule has 1 aliphatic rings. The highest BCUT2D eigenvalue weighted by Gasteiger charge is 2.28. The van der Waals surface area contributed by atoms with Gasteiger partial charge in [0.1, 0.15) is 18.2 Å². The first-order chi connectivity index (χ1) is 20.9. The third kappa shape index (κ3) is 5.32. The lowest BCUT2D eigenvalue weighted by atomic mass is 9.95. The van der Waals surface area contributed by atoms with Crippen LogP contribution in [-0.2, 0) is 7.05 Å². The van der Waals surface area contributed by atoms with Crippen LogP contribution >= 0.6 is 11.6 Å². The lowest BCUT2D eigenvalue weighted by Gasteiger charge is -2.31. The van der Waals surface area contributed by atoms with Crippen LogP contribution < -0.4 is 10.1 Å². The number of aromatic nitrogens is 6. The van der Waals surface area contributed by atoms with E-state index >= 15 is 0 Å². The number of nitrogens with one attached hydrogen (secondary N) is 1. The molecule has 0 aliphatic carbocycles. The van der Waals surface area contributed by atoms with Crippen LogP contribution in [0.3, 0.4) is 0 Å². The van der Waals surface area contributed by atoms with Crippen LogP contribution in [0, 0.1) is 23.0 Å². The molecule has 1 saturated heterocycles. The van der Waals surface area contributed by atoms with Gasteiger partial charge in [-0.1, -0.05) is 11.6 Å². The molecular formula is C29H24ClF2N9O2. The van der Waals surface area contributed by atoms with Crippen LogP contribution in [0.25, 0.3) is 16.9 Å². The summed E-state index contributed by atoms with van der Waals surface area (Å²) in [6, 6.07) is 9.34. The maximum Gasteiger partial charge on any atom is 0.255 e. The van der Waals surface area contributed by atoms with Crippen molar-refractivity contribution in [1.82, 2.24) is 34.0 Å². The van der Waals surface area contributed by atoms with Crippen LogP contribution in [0.5, 0.6) is 5.75 Å². The number of nitriles is 1. The number of anilines is 2. The first-order valence-corrected chi connectivity index (χ1v) is 13.7. The van der Waals surface area contributed by atoms with E-state index < -0.39 is 18.2 Å². The molecular weight excluding hydrogens is 580 g/mol. The Morgan fingerprint density at radius 2 is 2.00 bits per heavy atom. The predicted molar refractivity (Wildman–Crippen MR) is 153 cm³/mol. The summed E-state index contributed by atoms with van der Waals surface area (Å²) in [5.74, 6) is -1.33. The van der Waals surface area contributed by atoms with Crippen molar-refractivity contribution in [2.24, 2.45) is 7.05 Å². The second kappa shape index (κ2) is 11.7. The fraction of sp³-hybridized carbons (Fsp3) is 0.241. The standard InChI is InChI=1S/C29H24ClF2N9O2/c1-39-16-36-38-27(39)17-6-10-40(11-7-17)29(42)19-3-2-18(14-21(19)30)37-26-28-35-15-22(41(28)12-9-34-26)20-4-5-23(43-13-8-33)25(32)24(20)31/h2-5,9,12,14-17H,6-7,10-11,13H2,1H3,(H,34,37). The number of carbonyl (C=O) groups excluding carboxylic acids is 1. The van der Waals surface area contributed by atoms with Gasteiger partial charge in [-0.15, -0.1) is 10.2 Å². The minimum absolute atomic E-state index is 0.0435. The van der Waals surface area contributed by atoms with E-state index in [0.29, 0.717) is 35.8 Å². The van der Waals surface area contributed by atoms with Crippen molar-refractivity contribution >= 4 is 34.7 Å². The SMILES string of the molecule is Cn1cnnc1C1CCN(C(=O)c2ccc(Nc3nccn4c(-c5ccc(OCC#N)c(F)c5F)cnc34)cc2Cl)CC1. The highest BCUT2D eigenvalue weighted by atomic mass is 35.5. The second-order valence-corrected chi connectivity index (χ2v) is 10.4. The van der Waals surface area contributed by atoms with E-state index in [1.807, 2.05) is 11.6 Å². The molecule has 0 radical (unpaired) electrons. The van der Waals surface area contributed by atoms with Gasteiger partial charge in [0, 0.05) is 49.7 Å². The summed E-state index contributed by atoms with van der Waals surface area (Å²) in [5.41, 5.74) is 1.54. The van der Waals surface area contributed by atoms with E-state index in [9.17, 15) is 13.6 Å². The van der Waals surface area contributed by atoms with Crippen LogP contribution in [0.4, 0.5) is 20.3 Å². The molecule has 5 aromatic rings. The van der Waals surface area contributed by atoms with E-state index in [0.717, 1.165) is 18.7 Å². The number of piperidine rings is 1. The molecule has 218 valence electrons. The number of rotatable bonds is 7. The third-order valence-corrected chi connectivity index (χ3v) is 7.71. The molecule has 0 saturated carbocycles. The van der Waals surface area contributed by atoms with Gasteiger partial charge in [0.05, 0.1) is 22.5 Å². The fourth-order valence-electron chi connectivity index (χ4n) is 5.23. The Kier molecular flexibility index (Phi) is 7.60. The van der Waals surface area contributed by atoms with Crippen molar-refractivity contribution < 1.29 is 18.3 Å². The number of nitrogens with zero attached hydrogens (tertiary/aromatic N) is 8. The molecule has 1 fully saturated rings. The molecule has 6 rings (SSSR count). The summed E-state index contributed by atoms with van der Waals surface area (Å²) in [4.78, 5) is 23.8. The summed E-state index contributed by atoms with van der Waals surface area (Å²) < 4.78 is 37.9. The minimum atomic E-state index is -1.20. The average Bonchev–Trinajstić information content (AvgIpc) is 3.65. The Morgan fingerprint density at radius 1 is 1.19 bits per heavy atom. The lowest BCUT2D eigenvalue weighted by Crippen LogP contribution is -2.38. The van der Waals surface area contributed by atoms with Crippen molar-refractivity contribution in [3.8, 4) is 23.1 Å². The largest absolute Gasteiger partial charge is 0.476 e. The average molecular weight is 604 g/mol. The second-order valence-electron chi connectivity index (χ2n) is 9.99. The zero-order valence-electron chi connectivity index (χ0n) is 22.8. The summed E-state index contributed by atoms with van der Waals surface area (Å²) in [5, 5.41) is 20.2. The van der Waals surface area contributed by atoms with Gasteiger partial charge in [-0.3, -0.25) is 9.20 Å². The molecule has 4 heterocycles. The van der Waals surface area contributed by atoms with E-state index in [1.165, 1.54) is 24.5 Å². The van der Waals surface area contributed by atoms with Gasteiger partial charge in [0.25, 0.3) is 5.91 Å². The number of fused-ring (bicyclic) bond motifs is 1. The number of ether oxygens (including phenoxy) is 1. The molecule has 0 atom stereocenters. The van der Waals surface area contributed by atoms with Crippen molar-refractivity contribution in [2.75, 3.05) is 25.0 Å². The number of aryl methyl sites for hydroxylation is 1. The van der Waals surface area contributed by atoms with E-state index in [4.69, 9.17) is 21.6 Å². The summed E-state index contributed by atoms with van der Waals surface area (Å²) in [6.45, 7) is 0.760. The number of hydrogen-bond donors (Lipinski definition) is 1. The number of hydrogen-bond acceptors (Lipinski definition) is 8. The smallest absolute Gasteiger partial charge is 0.255 e. The number of imidazole rings is 1. The Morgan fingerprint density at radius 3 is 2.72 bits per heavy atom. The Labute approximate surface area is 249 Å². The van der Waals surface area contributed by atoms with Gasteiger partial charge in [-0.25, -0.2) is 14.4 Å². The first-order valence-electron chi connectivity index (χ1n) is 13.4. The maximum atomic E-state index is 14.9. The highest BCUT2D eigenvalue weighted by molar-refractivity contribution is 6.34. The van der Waals surface area contributed by atoms with Gasteiger partial charge >= 0.3 is 0 Å².